The van der Waals surface area contributed by atoms with Gasteiger partial charge in [0.05, 0.1) is 6.20 Å². The van der Waals surface area contributed by atoms with Gasteiger partial charge in [-0.2, -0.15) is 0 Å². The molecule has 0 saturated carbocycles. The fourth-order valence-electron chi connectivity index (χ4n) is 1.90. The molecule has 1 saturated heterocycles. The highest BCUT2D eigenvalue weighted by molar-refractivity contribution is 5.11. The summed E-state index contributed by atoms with van der Waals surface area (Å²) in [7, 11) is 1.74. The summed E-state index contributed by atoms with van der Waals surface area (Å²) in [6.07, 6.45) is 3.54. The first-order valence-corrected chi connectivity index (χ1v) is 4.90. The van der Waals surface area contributed by atoms with E-state index in [1.54, 1.807) is 20.2 Å². The van der Waals surface area contributed by atoms with Crippen LogP contribution in [0.5, 0.6) is 0 Å². The van der Waals surface area contributed by atoms with E-state index in [9.17, 15) is 4.39 Å². The molecule has 2 atom stereocenters. The molecule has 1 aliphatic heterocycles. The van der Waals surface area contributed by atoms with Crippen LogP contribution < -0.4 is 5.32 Å². The summed E-state index contributed by atoms with van der Waals surface area (Å²) in [5.74, 6) is 0. The number of nitrogens with zero attached hydrogens (tertiary/aromatic N) is 3. The lowest BCUT2D eigenvalue weighted by atomic mass is 9.94. The molecule has 0 spiro atoms. The van der Waals surface area contributed by atoms with E-state index in [2.05, 4.69) is 15.6 Å². The standard InChI is InChI=1S/C9H15FN4/c1-9(10,7-4-3-5-11-7)8-6-14(2)13-12-8/h6-7,11H,3-5H2,1-2H3. The molecule has 2 heterocycles. The van der Waals surface area contributed by atoms with Gasteiger partial charge in [0.2, 0.25) is 0 Å². The van der Waals surface area contributed by atoms with E-state index < -0.39 is 5.67 Å². The Labute approximate surface area is 82.5 Å². The van der Waals surface area contributed by atoms with Gasteiger partial charge in [-0.25, -0.2) is 4.39 Å². The Morgan fingerprint density at radius 1 is 1.71 bits per heavy atom. The molecule has 1 aliphatic rings. The van der Waals surface area contributed by atoms with Crippen molar-refractivity contribution in [2.45, 2.75) is 31.5 Å². The normalized spacial score (nSPS) is 26.4. The molecule has 0 radical (unpaired) electrons. The van der Waals surface area contributed by atoms with Crippen LogP contribution in [0.1, 0.15) is 25.5 Å². The molecule has 0 aromatic carbocycles. The molecule has 0 bridgehead atoms. The zero-order chi connectivity index (χ0) is 10.2. The fourth-order valence-corrected chi connectivity index (χ4v) is 1.90. The molecular formula is C9H15FN4. The average Bonchev–Trinajstić information content (AvgIpc) is 2.72. The monoisotopic (exact) mass is 198 g/mol. The Hall–Kier alpha value is -0.970. The second-order valence-corrected chi connectivity index (χ2v) is 4.00. The Morgan fingerprint density at radius 2 is 2.50 bits per heavy atom. The second kappa shape index (κ2) is 3.31. The van der Waals surface area contributed by atoms with Gasteiger partial charge in [-0.05, 0) is 26.3 Å². The van der Waals surface area contributed by atoms with Crippen molar-refractivity contribution in [1.29, 1.82) is 0 Å². The van der Waals surface area contributed by atoms with Crippen LogP contribution in [0.2, 0.25) is 0 Å². The van der Waals surface area contributed by atoms with Gasteiger partial charge >= 0.3 is 0 Å². The predicted molar refractivity (Wildman–Crippen MR) is 50.5 cm³/mol. The summed E-state index contributed by atoms with van der Waals surface area (Å²) in [5.41, 5.74) is -0.996. The van der Waals surface area contributed by atoms with Crippen LogP contribution in [-0.2, 0) is 12.7 Å². The number of nitrogens with one attached hydrogen (secondary N) is 1. The number of hydrogen-bond donors (Lipinski definition) is 1. The third kappa shape index (κ3) is 1.52. The summed E-state index contributed by atoms with van der Waals surface area (Å²) in [6.45, 7) is 2.46. The maximum absolute atomic E-state index is 14.4. The molecule has 1 aromatic rings. The third-order valence-electron chi connectivity index (χ3n) is 2.82. The molecular weight excluding hydrogens is 183 g/mol. The highest BCUT2D eigenvalue weighted by atomic mass is 19.1. The first-order valence-electron chi connectivity index (χ1n) is 4.90. The first kappa shape index (κ1) is 9.58. The predicted octanol–water partition coefficient (Wildman–Crippen LogP) is 0.752. The van der Waals surface area contributed by atoms with E-state index in [0.717, 1.165) is 19.4 Å². The number of aryl methyl sites for hydroxylation is 1. The zero-order valence-electron chi connectivity index (χ0n) is 8.50. The van der Waals surface area contributed by atoms with Gasteiger partial charge in [-0.3, -0.25) is 4.68 Å². The number of hydrogen-bond acceptors (Lipinski definition) is 3. The lowest BCUT2D eigenvalue weighted by molar-refractivity contribution is 0.131. The maximum atomic E-state index is 14.4. The number of alkyl halides is 1. The third-order valence-corrected chi connectivity index (χ3v) is 2.82. The van der Waals surface area contributed by atoms with E-state index in [1.165, 1.54) is 4.68 Å². The van der Waals surface area contributed by atoms with Crippen molar-refractivity contribution in [1.82, 2.24) is 20.3 Å². The van der Waals surface area contributed by atoms with Crippen molar-refractivity contribution in [2.24, 2.45) is 7.05 Å². The van der Waals surface area contributed by atoms with E-state index in [1.807, 2.05) is 0 Å². The summed E-state index contributed by atoms with van der Waals surface area (Å²) >= 11 is 0. The molecule has 14 heavy (non-hydrogen) atoms. The van der Waals surface area contributed by atoms with Crippen molar-refractivity contribution < 1.29 is 4.39 Å². The minimum atomic E-state index is -1.41. The van der Waals surface area contributed by atoms with Gasteiger partial charge in [0.1, 0.15) is 5.69 Å². The van der Waals surface area contributed by atoms with Crippen LogP contribution in [0.25, 0.3) is 0 Å². The Kier molecular flexibility index (Phi) is 2.26. The van der Waals surface area contributed by atoms with Crippen molar-refractivity contribution in [2.75, 3.05) is 6.54 Å². The van der Waals surface area contributed by atoms with Crippen LogP contribution in [0.3, 0.4) is 0 Å². The summed E-state index contributed by atoms with van der Waals surface area (Å²) in [4.78, 5) is 0. The SMILES string of the molecule is Cn1cc(C(C)(F)C2CCCN2)nn1. The van der Waals surface area contributed by atoms with E-state index in [0.29, 0.717) is 5.69 Å². The minimum Gasteiger partial charge on any atom is -0.311 e. The molecule has 78 valence electrons. The summed E-state index contributed by atoms with van der Waals surface area (Å²) in [5, 5.41) is 10.7. The molecule has 0 aliphatic carbocycles. The van der Waals surface area contributed by atoms with Gasteiger partial charge in [0.15, 0.2) is 5.67 Å². The van der Waals surface area contributed by atoms with Crippen LogP contribution in [-0.4, -0.2) is 27.6 Å². The minimum absolute atomic E-state index is 0.126. The molecule has 0 amide bonds. The molecule has 1 N–H and O–H groups in total. The number of halogens is 1. The van der Waals surface area contributed by atoms with Crippen LogP contribution in [0.4, 0.5) is 4.39 Å². The quantitative estimate of drug-likeness (QED) is 0.762. The van der Waals surface area contributed by atoms with Crippen molar-refractivity contribution >= 4 is 0 Å². The van der Waals surface area contributed by atoms with Crippen LogP contribution in [0, 0.1) is 0 Å². The average molecular weight is 198 g/mol. The van der Waals surface area contributed by atoms with Crippen molar-refractivity contribution in [3.05, 3.63) is 11.9 Å². The largest absolute Gasteiger partial charge is 0.311 e. The highest BCUT2D eigenvalue weighted by Crippen LogP contribution is 2.31. The summed E-state index contributed by atoms with van der Waals surface area (Å²) < 4.78 is 15.9. The van der Waals surface area contributed by atoms with Gasteiger partial charge in [-0.1, -0.05) is 5.21 Å². The van der Waals surface area contributed by atoms with Crippen molar-refractivity contribution in [3.63, 3.8) is 0 Å². The number of rotatable bonds is 2. The maximum Gasteiger partial charge on any atom is 0.168 e. The molecule has 2 unspecified atom stereocenters. The van der Waals surface area contributed by atoms with Crippen LogP contribution in [0.15, 0.2) is 6.20 Å². The Morgan fingerprint density at radius 3 is 3.00 bits per heavy atom. The molecule has 1 aromatic heterocycles. The summed E-state index contributed by atoms with van der Waals surface area (Å²) in [6, 6.07) is -0.126. The Balaban J connectivity index is 2.22. The number of aromatic nitrogens is 3. The molecule has 2 rings (SSSR count). The topological polar surface area (TPSA) is 42.7 Å². The Bertz CT molecular complexity index is 314. The van der Waals surface area contributed by atoms with Gasteiger partial charge in [0.25, 0.3) is 0 Å². The first-order chi connectivity index (χ1) is 6.60. The zero-order valence-corrected chi connectivity index (χ0v) is 8.50. The molecule has 4 nitrogen and oxygen atoms in total. The van der Waals surface area contributed by atoms with Gasteiger partial charge in [-0.15, -0.1) is 5.10 Å². The molecule has 1 fully saturated rings. The lowest BCUT2D eigenvalue weighted by Gasteiger charge is -2.24. The smallest absolute Gasteiger partial charge is 0.168 e. The highest BCUT2D eigenvalue weighted by Gasteiger charge is 2.39. The van der Waals surface area contributed by atoms with E-state index in [-0.39, 0.29) is 6.04 Å². The lowest BCUT2D eigenvalue weighted by Crippen LogP contribution is -2.39. The molecule has 5 heteroatoms. The van der Waals surface area contributed by atoms with Crippen molar-refractivity contribution in [3.8, 4) is 0 Å². The van der Waals surface area contributed by atoms with Crippen LogP contribution >= 0.6 is 0 Å². The van der Waals surface area contributed by atoms with Gasteiger partial charge < -0.3 is 5.32 Å². The van der Waals surface area contributed by atoms with E-state index >= 15 is 0 Å². The fraction of sp³-hybridized carbons (Fsp3) is 0.778. The second-order valence-electron chi connectivity index (χ2n) is 4.00. The van der Waals surface area contributed by atoms with E-state index in [4.69, 9.17) is 0 Å². The van der Waals surface area contributed by atoms with Gasteiger partial charge in [0, 0.05) is 13.1 Å².